The Balaban J connectivity index is 2.36. The van der Waals surface area contributed by atoms with E-state index >= 15 is 0 Å². The van der Waals surface area contributed by atoms with Crippen molar-refractivity contribution in [3.63, 3.8) is 0 Å². The Kier molecular flexibility index (Phi) is 3.68. The van der Waals surface area contributed by atoms with E-state index in [-0.39, 0.29) is 11.6 Å². The van der Waals surface area contributed by atoms with Gasteiger partial charge >= 0.3 is 0 Å². The Hall–Kier alpha value is -1.08. The minimum Gasteiger partial charge on any atom is -0.436 e. The van der Waals surface area contributed by atoms with Crippen molar-refractivity contribution >= 4 is 31.9 Å². The van der Waals surface area contributed by atoms with Crippen LogP contribution in [0.5, 0.6) is 11.6 Å². The van der Waals surface area contributed by atoms with Crippen molar-refractivity contribution in [1.29, 1.82) is 0 Å². The molecule has 0 saturated carbocycles. The van der Waals surface area contributed by atoms with Crippen LogP contribution >= 0.6 is 31.9 Å². The monoisotopic (exact) mass is 364 g/mol. The van der Waals surface area contributed by atoms with E-state index in [1.807, 2.05) is 0 Å². The van der Waals surface area contributed by atoms with Crippen LogP contribution in [0.25, 0.3) is 0 Å². The number of halogens is 4. The molecule has 0 aliphatic rings. The van der Waals surface area contributed by atoms with Crippen molar-refractivity contribution in [2.75, 3.05) is 0 Å². The second-order valence-electron chi connectivity index (χ2n) is 2.98. The van der Waals surface area contributed by atoms with E-state index in [9.17, 15) is 8.78 Å². The van der Waals surface area contributed by atoms with Gasteiger partial charge in [-0.15, -0.1) is 0 Å². The van der Waals surface area contributed by atoms with Gasteiger partial charge in [0.25, 0.3) is 0 Å². The topological polar surface area (TPSA) is 35.0 Å². The maximum atomic E-state index is 13.4. The van der Waals surface area contributed by atoms with Gasteiger partial charge in [-0.25, -0.2) is 14.4 Å². The quantitative estimate of drug-likeness (QED) is 0.594. The lowest BCUT2D eigenvalue weighted by molar-refractivity contribution is 0.404. The third-order valence-corrected chi connectivity index (χ3v) is 2.67. The molecule has 0 aliphatic heterocycles. The van der Waals surface area contributed by atoms with Crippen molar-refractivity contribution in [1.82, 2.24) is 9.97 Å². The summed E-state index contributed by atoms with van der Waals surface area (Å²) in [5.74, 6) is -2.20. The number of rotatable bonds is 2. The zero-order valence-electron chi connectivity index (χ0n) is 8.12. The molecule has 1 heterocycles. The van der Waals surface area contributed by atoms with Gasteiger partial charge in [0, 0.05) is 10.5 Å². The third kappa shape index (κ3) is 2.98. The Bertz CT molecular complexity index is 566. The van der Waals surface area contributed by atoms with Crippen molar-refractivity contribution in [3.8, 4) is 11.6 Å². The average molecular weight is 366 g/mol. The molecule has 0 aliphatic carbocycles. The fraction of sp³-hybridized carbons (Fsp3) is 0. The van der Waals surface area contributed by atoms with Gasteiger partial charge in [0.2, 0.25) is 11.7 Å². The molecule has 1 aromatic heterocycles. The first-order valence-corrected chi connectivity index (χ1v) is 5.95. The molecule has 0 spiro atoms. The van der Waals surface area contributed by atoms with Gasteiger partial charge in [-0.3, -0.25) is 0 Å². The molecular formula is C10H4Br2F2N2O. The number of hydrogen-bond donors (Lipinski definition) is 0. The molecule has 0 saturated heterocycles. The van der Waals surface area contributed by atoms with Crippen LogP contribution in [0, 0.1) is 11.6 Å². The van der Waals surface area contributed by atoms with Gasteiger partial charge in [-0.05, 0) is 28.1 Å². The highest BCUT2D eigenvalue weighted by molar-refractivity contribution is 9.10. The molecule has 1 aromatic carbocycles. The molecule has 7 heteroatoms. The average Bonchev–Trinajstić information content (AvgIpc) is 2.25. The number of hydrogen-bond acceptors (Lipinski definition) is 3. The molecule has 2 aromatic rings. The molecule has 17 heavy (non-hydrogen) atoms. The standard InChI is InChI=1S/C10H4Br2F2N2O/c11-5-1-6(13)10(14)7(2-5)17-9-3-8(12)15-4-16-9/h1-4H. The van der Waals surface area contributed by atoms with E-state index < -0.39 is 11.6 Å². The highest BCUT2D eigenvalue weighted by Crippen LogP contribution is 2.29. The highest BCUT2D eigenvalue weighted by Gasteiger charge is 2.12. The van der Waals surface area contributed by atoms with Crippen LogP contribution in [0.2, 0.25) is 0 Å². The van der Waals surface area contributed by atoms with Crippen LogP contribution < -0.4 is 4.74 Å². The summed E-state index contributed by atoms with van der Waals surface area (Å²) in [7, 11) is 0. The maximum Gasteiger partial charge on any atom is 0.223 e. The highest BCUT2D eigenvalue weighted by atomic mass is 79.9. The molecular weight excluding hydrogens is 362 g/mol. The Morgan fingerprint density at radius 3 is 2.53 bits per heavy atom. The fourth-order valence-corrected chi connectivity index (χ4v) is 1.79. The van der Waals surface area contributed by atoms with Gasteiger partial charge in [-0.1, -0.05) is 15.9 Å². The fourth-order valence-electron chi connectivity index (χ4n) is 1.09. The summed E-state index contributed by atoms with van der Waals surface area (Å²) < 4.78 is 32.5. The first kappa shape index (κ1) is 12.4. The minimum absolute atomic E-state index is 0.114. The van der Waals surface area contributed by atoms with E-state index in [2.05, 4.69) is 41.8 Å². The second kappa shape index (κ2) is 5.05. The van der Waals surface area contributed by atoms with Crippen molar-refractivity contribution in [3.05, 3.63) is 45.2 Å². The maximum absolute atomic E-state index is 13.4. The summed E-state index contributed by atoms with van der Waals surface area (Å²) in [5, 5.41) is 0. The first-order valence-electron chi connectivity index (χ1n) is 4.36. The predicted octanol–water partition coefficient (Wildman–Crippen LogP) is 4.07. The first-order chi connectivity index (χ1) is 8.06. The van der Waals surface area contributed by atoms with Crippen LogP contribution in [0.1, 0.15) is 0 Å². The lowest BCUT2D eigenvalue weighted by Gasteiger charge is -2.06. The Morgan fingerprint density at radius 1 is 1.06 bits per heavy atom. The van der Waals surface area contributed by atoms with E-state index in [1.54, 1.807) is 0 Å². The number of benzene rings is 1. The SMILES string of the molecule is Fc1cc(Br)cc(Oc2cc(Br)ncn2)c1F. The van der Waals surface area contributed by atoms with Gasteiger partial charge in [0.05, 0.1) is 0 Å². The van der Waals surface area contributed by atoms with Gasteiger partial charge in [0.15, 0.2) is 11.6 Å². The van der Waals surface area contributed by atoms with Crippen LogP contribution in [0.4, 0.5) is 8.78 Å². The van der Waals surface area contributed by atoms with E-state index in [1.165, 1.54) is 18.5 Å². The molecule has 0 atom stereocenters. The molecule has 0 amide bonds. The summed E-state index contributed by atoms with van der Waals surface area (Å²) in [6.45, 7) is 0. The van der Waals surface area contributed by atoms with E-state index in [4.69, 9.17) is 4.74 Å². The zero-order chi connectivity index (χ0) is 12.4. The summed E-state index contributed by atoms with van der Waals surface area (Å²) in [6, 6.07) is 3.77. The zero-order valence-corrected chi connectivity index (χ0v) is 11.3. The normalized spacial score (nSPS) is 10.4. The largest absolute Gasteiger partial charge is 0.436 e. The van der Waals surface area contributed by atoms with Gasteiger partial charge in [-0.2, -0.15) is 4.39 Å². The molecule has 0 N–H and O–H groups in total. The van der Waals surface area contributed by atoms with Crippen LogP contribution in [-0.2, 0) is 0 Å². The van der Waals surface area contributed by atoms with Crippen molar-refractivity contribution in [2.24, 2.45) is 0 Å². The number of ether oxygens (including phenoxy) is 1. The molecule has 0 unspecified atom stereocenters. The summed E-state index contributed by atoms with van der Waals surface area (Å²) in [6.07, 6.45) is 1.24. The van der Waals surface area contributed by atoms with E-state index in [0.717, 1.165) is 6.07 Å². The molecule has 3 nitrogen and oxygen atoms in total. The minimum atomic E-state index is -1.07. The number of aromatic nitrogens is 2. The summed E-state index contributed by atoms with van der Waals surface area (Å²) in [5.41, 5.74) is 0. The van der Waals surface area contributed by atoms with E-state index in [0.29, 0.717) is 9.08 Å². The predicted molar refractivity (Wildman–Crippen MR) is 63.9 cm³/mol. The molecule has 0 bridgehead atoms. The third-order valence-electron chi connectivity index (χ3n) is 1.78. The van der Waals surface area contributed by atoms with Crippen LogP contribution in [-0.4, -0.2) is 9.97 Å². The lowest BCUT2D eigenvalue weighted by atomic mass is 10.3. The molecule has 88 valence electrons. The van der Waals surface area contributed by atoms with Crippen LogP contribution in [0.3, 0.4) is 0 Å². The molecule has 0 fully saturated rings. The van der Waals surface area contributed by atoms with Gasteiger partial charge in [0.1, 0.15) is 10.9 Å². The van der Waals surface area contributed by atoms with Crippen molar-refractivity contribution in [2.45, 2.75) is 0 Å². The Morgan fingerprint density at radius 2 is 1.82 bits per heavy atom. The summed E-state index contributed by atoms with van der Waals surface area (Å²) >= 11 is 6.16. The molecule has 2 rings (SSSR count). The second-order valence-corrected chi connectivity index (χ2v) is 4.71. The van der Waals surface area contributed by atoms with Crippen LogP contribution in [0.15, 0.2) is 33.6 Å². The lowest BCUT2D eigenvalue weighted by Crippen LogP contribution is -1.94. The molecule has 0 radical (unpaired) electrons. The Labute approximate surface area is 112 Å². The van der Waals surface area contributed by atoms with Crippen molar-refractivity contribution < 1.29 is 13.5 Å². The summed E-state index contributed by atoms with van der Waals surface area (Å²) in [4.78, 5) is 7.56. The number of nitrogens with zero attached hydrogens (tertiary/aromatic N) is 2. The van der Waals surface area contributed by atoms with Gasteiger partial charge < -0.3 is 4.74 Å². The smallest absolute Gasteiger partial charge is 0.223 e.